The van der Waals surface area contributed by atoms with Crippen LogP contribution in [0.3, 0.4) is 0 Å². The second-order valence-corrected chi connectivity index (χ2v) is 6.26. The van der Waals surface area contributed by atoms with Gasteiger partial charge in [0.15, 0.2) is 0 Å². The van der Waals surface area contributed by atoms with Gasteiger partial charge >= 0.3 is 0 Å². The van der Waals surface area contributed by atoms with E-state index in [4.69, 9.17) is 4.74 Å². The van der Waals surface area contributed by atoms with E-state index in [2.05, 4.69) is 27.7 Å². The molecule has 0 spiro atoms. The zero-order chi connectivity index (χ0) is 12.9. The fourth-order valence-corrected chi connectivity index (χ4v) is 2.66. The lowest BCUT2D eigenvalue weighted by atomic mass is 9.89. The Morgan fingerprint density at radius 2 is 2.06 bits per heavy atom. The lowest BCUT2D eigenvalue weighted by Crippen LogP contribution is -2.33. The molecule has 17 heavy (non-hydrogen) atoms. The number of aliphatic hydroxyl groups is 1. The first kappa shape index (κ1) is 15.0. The summed E-state index contributed by atoms with van der Waals surface area (Å²) in [6.07, 6.45) is 6.87. The van der Waals surface area contributed by atoms with Gasteiger partial charge in [0.05, 0.1) is 12.2 Å². The fraction of sp³-hybridized carbons (Fsp3) is 1.00. The van der Waals surface area contributed by atoms with E-state index in [0.717, 1.165) is 19.4 Å². The third-order valence-corrected chi connectivity index (χ3v) is 4.32. The van der Waals surface area contributed by atoms with Crippen LogP contribution in [-0.2, 0) is 4.74 Å². The van der Waals surface area contributed by atoms with Crippen molar-refractivity contribution in [2.75, 3.05) is 6.61 Å². The van der Waals surface area contributed by atoms with Crippen LogP contribution in [0.2, 0.25) is 0 Å². The maximum Gasteiger partial charge on any atom is 0.0852 e. The number of ether oxygens (including phenoxy) is 1. The highest BCUT2D eigenvalue weighted by Crippen LogP contribution is 2.39. The molecule has 0 aromatic rings. The van der Waals surface area contributed by atoms with Crippen molar-refractivity contribution in [1.29, 1.82) is 0 Å². The van der Waals surface area contributed by atoms with Gasteiger partial charge in [-0.3, -0.25) is 0 Å². The predicted molar refractivity (Wildman–Crippen MR) is 72.1 cm³/mol. The van der Waals surface area contributed by atoms with Crippen LogP contribution in [0.1, 0.15) is 66.2 Å². The van der Waals surface area contributed by atoms with Gasteiger partial charge in [-0.2, -0.15) is 0 Å². The lowest BCUT2D eigenvalue weighted by molar-refractivity contribution is -0.0604. The average Bonchev–Trinajstić information content (AvgIpc) is 2.56. The fourth-order valence-electron chi connectivity index (χ4n) is 2.66. The Bertz CT molecular complexity index is 213. The van der Waals surface area contributed by atoms with Gasteiger partial charge < -0.3 is 9.84 Å². The van der Waals surface area contributed by atoms with Gasteiger partial charge in [0.1, 0.15) is 0 Å². The Labute approximate surface area is 107 Å². The predicted octanol–water partition coefficient (Wildman–Crippen LogP) is 3.77. The van der Waals surface area contributed by atoms with Crippen molar-refractivity contribution in [1.82, 2.24) is 0 Å². The van der Waals surface area contributed by atoms with Gasteiger partial charge in [-0.25, -0.2) is 0 Å². The Balaban J connectivity index is 2.30. The lowest BCUT2D eigenvalue weighted by Gasteiger charge is -2.26. The minimum absolute atomic E-state index is 0.0375. The summed E-state index contributed by atoms with van der Waals surface area (Å²) in [5.41, 5.74) is 0.0375. The minimum atomic E-state index is -0.286. The number of hydrogen-bond acceptors (Lipinski definition) is 2. The van der Waals surface area contributed by atoms with Gasteiger partial charge in [-0.1, -0.05) is 47.0 Å². The number of hydrogen-bond donors (Lipinski definition) is 1. The van der Waals surface area contributed by atoms with Crippen LogP contribution in [0.15, 0.2) is 0 Å². The molecule has 3 unspecified atom stereocenters. The van der Waals surface area contributed by atoms with Gasteiger partial charge in [0, 0.05) is 6.61 Å². The second-order valence-electron chi connectivity index (χ2n) is 6.26. The molecule has 1 aliphatic rings. The van der Waals surface area contributed by atoms with Crippen LogP contribution >= 0.6 is 0 Å². The Morgan fingerprint density at radius 3 is 2.53 bits per heavy atom. The van der Waals surface area contributed by atoms with Crippen LogP contribution < -0.4 is 0 Å². The number of rotatable bonds is 7. The highest BCUT2D eigenvalue weighted by atomic mass is 16.5. The minimum Gasteiger partial charge on any atom is -0.390 e. The molecule has 102 valence electrons. The van der Waals surface area contributed by atoms with E-state index in [1.807, 2.05) is 0 Å². The van der Waals surface area contributed by atoms with E-state index >= 15 is 0 Å². The third-order valence-electron chi connectivity index (χ3n) is 4.32. The van der Waals surface area contributed by atoms with Gasteiger partial charge in [-0.05, 0) is 30.6 Å². The van der Waals surface area contributed by atoms with E-state index in [1.54, 1.807) is 0 Å². The van der Waals surface area contributed by atoms with Crippen LogP contribution in [0.25, 0.3) is 0 Å². The summed E-state index contributed by atoms with van der Waals surface area (Å²) < 4.78 is 5.95. The van der Waals surface area contributed by atoms with Crippen molar-refractivity contribution in [3.63, 3.8) is 0 Å². The molecule has 1 aliphatic carbocycles. The number of aliphatic hydroxyl groups excluding tert-OH is 1. The average molecular weight is 242 g/mol. The van der Waals surface area contributed by atoms with Gasteiger partial charge in [-0.15, -0.1) is 0 Å². The Kier molecular flexibility index (Phi) is 5.94. The van der Waals surface area contributed by atoms with E-state index in [9.17, 15) is 5.11 Å². The molecule has 0 heterocycles. The zero-order valence-electron chi connectivity index (χ0n) is 12.0. The van der Waals surface area contributed by atoms with E-state index in [-0.39, 0.29) is 17.6 Å². The first-order valence-electron chi connectivity index (χ1n) is 7.31. The molecule has 3 atom stereocenters. The summed E-state index contributed by atoms with van der Waals surface area (Å²) in [6.45, 7) is 9.56. The van der Waals surface area contributed by atoms with Gasteiger partial charge in [0.25, 0.3) is 0 Å². The molecule has 1 saturated carbocycles. The Hall–Kier alpha value is -0.0800. The summed E-state index contributed by atoms with van der Waals surface area (Å²) >= 11 is 0. The van der Waals surface area contributed by atoms with Crippen molar-refractivity contribution in [2.24, 2.45) is 11.3 Å². The summed E-state index contributed by atoms with van der Waals surface area (Å²) in [4.78, 5) is 0. The molecule has 2 nitrogen and oxygen atoms in total. The molecule has 0 aliphatic heterocycles. The summed E-state index contributed by atoms with van der Waals surface area (Å²) in [6, 6.07) is 0. The van der Waals surface area contributed by atoms with Gasteiger partial charge in [0.2, 0.25) is 0 Å². The SMILES string of the molecule is CCCCC(CC)COC1CCC(C)(C)C1O. The Morgan fingerprint density at radius 1 is 1.35 bits per heavy atom. The molecule has 0 bridgehead atoms. The van der Waals surface area contributed by atoms with E-state index < -0.39 is 0 Å². The standard InChI is InChI=1S/C15H30O2/c1-5-7-8-12(6-2)11-17-13-9-10-15(3,4)14(13)16/h12-14,16H,5-11H2,1-4H3. The molecule has 0 saturated heterocycles. The topological polar surface area (TPSA) is 29.5 Å². The maximum absolute atomic E-state index is 10.2. The normalized spacial score (nSPS) is 29.5. The molecule has 0 aromatic carbocycles. The molecule has 0 radical (unpaired) electrons. The monoisotopic (exact) mass is 242 g/mol. The first-order valence-corrected chi connectivity index (χ1v) is 7.31. The highest BCUT2D eigenvalue weighted by molar-refractivity contribution is 4.92. The molecule has 0 aromatic heterocycles. The summed E-state index contributed by atoms with van der Waals surface area (Å²) in [5, 5.41) is 10.2. The number of unbranched alkanes of at least 4 members (excludes halogenated alkanes) is 1. The van der Waals surface area contributed by atoms with Crippen molar-refractivity contribution in [2.45, 2.75) is 78.4 Å². The van der Waals surface area contributed by atoms with Crippen LogP contribution in [0, 0.1) is 11.3 Å². The maximum atomic E-state index is 10.2. The third kappa shape index (κ3) is 4.26. The quantitative estimate of drug-likeness (QED) is 0.736. The summed E-state index contributed by atoms with van der Waals surface area (Å²) in [5.74, 6) is 0.672. The van der Waals surface area contributed by atoms with Crippen molar-refractivity contribution in [3.8, 4) is 0 Å². The zero-order valence-corrected chi connectivity index (χ0v) is 12.0. The molecule has 0 amide bonds. The second kappa shape index (κ2) is 6.75. The van der Waals surface area contributed by atoms with Crippen LogP contribution in [-0.4, -0.2) is 23.9 Å². The smallest absolute Gasteiger partial charge is 0.0852 e. The summed E-state index contributed by atoms with van der Waals surface area (Å²) in [7, 11) is 0. The molecule has 1 fully saturated rings. The van der Waals surface area contributed by atoms with Crippen LogP contribution in [0.4, 0.5) is 0 Å². The first-order chi connectivity index (χ1) is 8.01. The largest absolute Gasteiger partial charge is 0.390 e. The molecular formula is C15H30O2. The van der Waals surface area contributed by atoms with Crippen molar-refractivity contribution >= 4 is 0 Å². The molecule has 2 heteroatoms. The molecular weight excluding hydrogens is 212 g/mol. The van der Waals surface area contributed by atoms with Crippen molar-refractivity contribution in [3.05, 3.63) is 0 Å². The van der Waals surface area contributed by atoms with E-state index in [0.29, 0.717) is 5.92 Å². The molecule has 1 rings (SSSR count). The molecule has 1 N–H and O–H groups in total. The highest BCUT2D eigenvalue weighted by Gasteiger charge is 2.41. The van der Waals surface area contributed by atoms with Crippen molar-refractivity contribution < 1.29 is 9.84 Å². The van der Waals surface area contributed by atoms with Crippen LogP contribution in [0.5, 0.6) is 0 Å². The van der Waals surface area contributed by atoms with E-state index in [1.165, 1.54) is 25.7 Å².